The molecule has 0 aliphatic rings. The number of nitrogens with zero attached hydrogens (tertiary/aromatic N) is 1. The third-order valence-corrected chi connectivity index (χ3v) is 7.04. The minimum Gasteiger partial charge on any atom is -0.325 e. The monoisotopic (exact) mass is 511 g/mol. The molecule has 2 amide bonds. The van der Waals surface area contributed by atoms with Crippen molar-refractivity contribution in [1.82, 2.24) is 0 Å². The van der Waals surface area contributed by atoms with Crippen LogP contribution in [0.3, 0.4) is 0 Å². The Balaban J connectivity index is 1.51. The van der Waals surface area contributed by atoms with Crippen LogP contribution in [0.5, 0.6) is 0 Å². The van der Waals surface area contributed by atoms with E-state index >= 15 is 0 Å². The van der Waals surface area contributed by atoms with Gasteiger partial charge < -0.3 is 10.6 Å². The fraction of sp³-hybridized carbons (Fsp3) is 0.103. The molecule has 37 heavy (non-hydrogen) atoms. The van der Waals surface area contributed by atoms with Crippen molar-refractivity contribution in [2.45, 2.75) is 24.0 Å². The SMILES string of the molecule is Cc1cc([N+](=O)[O-])ccc1NC(=O)C(Sc1ccc(NC(=O)c2ccccc2C)cc1)c1ccccc1. The van der Waals surface area contributed by atoms with E-state index in [1.165, 1.54) is 23.9 Å². The van der Waals surface area contributed by atoms with Crippen LogP contribution in [0.4, 0.5) is 17.1 Å². The topological polar surface area (TPSA) is 101 Å². The fourth-order valence-corrected chi connectivity index (χ4v) is 4.80. The van der Waals surface area contributed by atoms with Gasteiger partial charge in [0.2, 0.25) is 5.91 Å². The molecule has 0 heterocycles. The van der Waals surface area contributed by atoms with E-state index in [-0.39, 0.29) is 17.5 Å². The number of non-ortho nitro benzene ring substituents is 1. The largest absolute Gasteiger partial charge is 0.325 e. The van der Waals surface area contributed by atoms with Gasteiger partial charge in [0.15, 0.2) is 0 Å². The Morgan fingerprint density at radius 2 is 1.49 bits per heavy atom. The van der Waals surface area contributed by atoms with E-state index in [4.69, 9.17) is 0 Å². The van der Waals surface area contributed by atoms with E-state index in [2.05, 4.69) is 10.6 Å². The van der Waals surface area contributed by atoms with Crippen LogP contribution in [0.25, 0.3) is 0 Å². The summed E-state index contributed by atoms with van der Waals surface area (Å²) in [6, 6.07) is 28.5. The van der Waals surface area contributed by atoms with Gasteiger partial charge in [-0.25, -0.2) is 0 Å². The van der Waals surface area contributed by atoms with E-state index < -0.39 is 10.2 Å². The number of aryl methyl sites for hydroxylation is 2. The summed E-state index contributed by atoms with van der Waals surface area (Å²) < 4.78 is 0. The van der Waals surface area contributed by atoms with Crippen LogP contribution in [0.2, 0.25) is 0 Å². The minimum atomic E-state index is -0.566. The molecule has 4 aromatic rings. The lowest BCUT2D eigenvalue weighted by Crippen LogP contribution is -2.19. The second kappa shape index (κ2) is 11.5. The second-order valence-corrected chi connectivity index (χ2v) is 9.63. The molecule has 8 heteroatoms. The van der Waals surface area contributed by atoms with Gasteiger partial charge in [-0.05, 0) is 66.9 Å². The van der Waals surface area contributed by atoms with Crippen LogP contribution >= 0.6 is 11.8 Å². The summed E-state index contributed by atoms with van der Waals surface area (Å²) in [5, 5.41) is 16.3. The first-order chi connectivity index (χ1) is 17.8. The third kappa shape index (κ3) is 6.42. The van der Waals surface area contributed by atoms with Crippen molar-refractivity contribution in [2.75, 3.05) is 10.6 Å². The number of benzene rings is 4. The zero-order valence-corrected chi connectivity index (χ0v) is 21.1. The summed E-state index contributed by atoms with van der Waals surface area (Å²) in [6.07, 6.45) is 0. The molecule has 1 unspecified atom stereocenters. The molecule has 0 saturated heterocycles. The molecule has 186 valence electrons. The quantitative estimate of drug-likeness (QED) is 0.152. The summed E-state index contributed by atoms with van der Waals surface area (Å²) in [6.45, 7) is 3.61. The molecule has 0 radical (unpaired) electrons. The highest BCUT2D eigenvalue weighted by Crippen LogP contribution is 2.37. The molecule has 7 nitrogen and oxygen atoms in total. The lowest BCUT2D eigenvalue weighted by atomic mass is 10.1. The minimum absolute atomic E-state index is 0.0286. The van der Waals surface area contributed by atoms with E-state index in [1.54, 1.807) is 31.2 Å². The molecule has 0 fully saturated rings. The Bertz CT molecular complexity index is 1440. The molecule has 4 rings (SSSR count). The summed E-state index contributed by atoms with van der Waals surface area (Å²) in [7, 11) is 0. The van der Waals surface area contributed by atoms with Crippen molar-refractivity contribution in [2.24, 2.45) is 0 Å². The molecule has 2 N–H and O–H groups in total. The second-order valence-electron chi connectivity index (χ2n) is 8.45. The lowest BCUT2D eigenvalue weighted by Gasteiger charge is -2.18. The zero-order valence-electron chi connectivity index (χ0n) is 20.3. The molecule has 0 spiro atoms. The van der Waals surface area contributed by atoms with E-state index in [1.807, 2.05) is 67.6 Å². The van der Waals surface area contributed by atoms with Crippen LogP contribution in [0.1, 0.15) is 32.3 Å². The molecule has 0 bridgehead atoms. The van der Waals surface area contributed by atoms with Gasteiger partial charge >= 0.3 is 0 Å². The number of hydrogen-bond acceptors (Lipinski definition) is 5. The molecular weight excluding hydrogens is 486 g/mol. The number of carbonyl (C=O) groups is 2. The van der Waals surface area contributed by atoms with E-state index in [0.717, 1.165) is 16.0 Å². The molecular formula is C29H25N3O4S. The summed E-state index contributed by atoms with van der Waals surface area (Å²) in [5.74, 6) is -0.427. The highest BCUT2D eigenvalue weighted by atomic mass is 32.2. The highest BCUT2D eigenvalue weighted by Gasteiger charge is 2.23. The summed E-state index contributed by atoms with van der Waals surface area (Å²) >= 11 is 1.38. The maximum absolute atomic E-state index is 13.4. The number of rotatable bonds is 8. The average molecular weight is 512 g/mol. The van der Waals surface area contributed by atoms with Crippen molar-refractivity contribution in [3.8, 4) is 0 Å². The molecule has 0 saturated carbocycles. The number of nitro benzene ring substituents is 1. The molecule has 4 aromatic carbocycles. The standard InChI is InChI=1S/C29H25N3O4S/c1-19-8-6-7-11-25(19)28(33)30-22-12-15-24(16-13-22)37-27(21-9-4-3-5-10-21)29(34)31-26-17-14-23(32(35)36)18-20(26)2/h3-18,27H,1-2H3,(H,30,33)(H,31,34). The van der Waals surface area contributed by atoms with E-state index in [0.29, 0.717) is 22.5 Å². The Morgan fingerprint density at radius 3 is 2.14 bits per heavy atom. The maximum atomic E-state index is 13.4. The summed E-state index contributed by atoms with van der Waals surface area (Å²) in [4.78, 5) is 37.4. The number of anilines is 2. The van der Waals surface area contributed by atoms with Crippen LogP contribution in [-0.4, -0.2) is 16.7 Å². The summed E-state index contributed by atoms with van der Waals surface area (Å²) in [5.41, 5.74) is 4.08. The van der Waals surface area contributed by atoms with Gasteiger partial charge in [0.25, 0.3) is 11.6 Å². The smallest absolute Gasteiger partial charge is 0.269 e. The first-order valence-corrected chi connectivity index (χ1v) is 12.4. The Labute approximate surface area is 219 Å². The van der Waals surface area contributed by atoms with Crippen LogP contribution < -0.4 is 10.6 Å². The molecule has 0 aliphatic heterocycles. The Kier molecular flexibility index (Phi) is 8.00. The number of amides is 2. The van der Waals surface area contributed by atoms with Gasteiger partial charge in [0.05, 0.1) is 4.92 Å². The number of thioether (sulfide) groups is 1. The molecule has 0 aliphatic carbocycles. The number of carbonyl (C=O) groups excluding carboxylic acids is 2. The third-order valence-electron chi connectivity index (χ3n) is 5.77. The van der Waals surface area contributed by atoms with Gasteiger partial charge in [-0.15, -0.1) is 11.8 Å². The normalized spacial score (nSPS) is 11.4. The predicted octanol–water partition coefficient (Wildman–Crippen LogP) is 6.94. The Hall–Kier alpha value is -4.43. The van der Waals surface area contributed by atoms with Crippen molar-refractivity contribution in [3.63, 3.8) is 0 Å². The number of nitro groups is 1. The van der Waals surface area contributed by atoms with Crippen molar-refractivity contribution < 1.29 is 14.5 Å². The fourth-order valence-electron chi connectivity index (χ4n) is 3.78. The van der Waals surface area contributed by atoms with Gasteiger partial charge in [-0.3, -0.25) is 19.7 Å². The lowest BCUT2D eigenvalue weighted by molar-refractivity contribution is -0.384. The van der Waals surface area contributed by atoms with Gasteiger partial charge in [0.1, 0.15) is 5.25 Å². The first kappa shape index (κ1) is 25.7. The van der Waals surface area contributed by atoms with Crippen molar-refractivity contribution in [1.29, 1.82) is 0 Å². The zero-order chi connectivity index (χ0) is 26.4. The van der Waals surface area contributed by atoms with Crippen LogP contribution in [-0.2, 0) is 4.79 Å². The molecule has 1 atom stereocenters. The number of nitrogens with one attached hydrogen (secondary N) is 2. The Morgan fingerprint density at radius 1 is 0.811 bits per heavy atom. The number of hydrogen-bond donors (Lipinski definition) is 2. The van der Waals surface area contributed by atoms with Gasteiger partial charge in [0, 0.05) is 34.0 Å². The average Bonchev–Trinajstić information content (AvgIpc) is 2.90. The van der Waals surface area contributed by atoms with Crippen LogP contribution in [0, 0.1) is 24.0 Å². The maximum Gasteiger partial charge on any atom is 0.269 e. The first-order valence-electron chi connectivity index (χ1n) is 11.6. The van der Waals surface area contributed by atoms with Crippen molar-refractivity contribution in [3.05, 3.63) is 129 Å². The highest BCUT2D eigenvalue weighted by molar-refractivity contribution is 8.00. The van der Waals surface area contributed by atoms with Gasteiger partial charge in [-0.2, -0.15) is 0 Å². The van der Waals surface area contributed by atoms with Gasteiger partial charge in [-0.1, -0.05) is 48.5 Å². The van der Waals surface area contributed by atoms with E-state index in [9.17, 15) is 19.7 Å². The van der Waals surface area contributed by atoms with Crippen LogP contribution in [0.15, 0.2) is 102 Å². The molecule has 0 aromatic heterocycles. The van der Waals surface area contributed by atoms with Crippen molar-refractivity contribution >= 4 is 40.6 Å². The predicted molar refractivity (Wildman–Crippen MR) is 147 cm³/mol.